The fraction of sp³-hybridized carbons (Fsp3) is 0.200. The molecule has 5 rings (SSSR count). The Balaban J connectivity index is 1.76. The second-order valence-corrected chi connectivity index (χ2v) is 9.13. The van der Waals surface area contributed by atoms with Gasteiger partial charge in [-0.05, 0) is 67.1 Å². The normalized spacial score (nSPS) is 12.1. The van der Waals surface area contributed by atoms with E-state index in [1.54, 1.807) is 18.3 Å². The van der Waals surface area contributed by atoms with Crippen molar-refractivity contribution in [2.24, 2.45) is 0 Å². The van der Waals surface area contributed by atoms with Crippen molar-refractivity contribution >= 4 is 22.3 Å². The molecule has 37 heavy (non-hydrogen) atoms. The minimum Gasteiger partial charge on any atom is -0.491 e. The standard InChI is InChI=1S/C30H30FN5O/c1-4-18-12-23(28(31)26(13-18)37-5-2)27(24-15-19-14-20(32)10-11-22(19)29(33)35-24)30-34-16-25(36-30)21-9-7-6-8-17(21)3/h6-16,27H,4-5,32H2,1-3H3,(H2,33,35)(H,34,36). The molecule has 6 nitrogen and oxygen atoms in total. The largest absolute Gasteiger partial charge is 0.491 e. The number of nitrogen functional groups attached to an aromatic ring is 2. The maximum Gasteiger partial charge on any atom is 0.169 e. The SMILES string of the molecule is CCOc1cc(CC)cc(C(c2cc3cc(N)ccc3c(N)n2)c2ncc(-c3ccccc3C)[nH]2)c1F. The first-order valence-electron chi connectivity index (χ1n) is 12.4. The molecule has 1 unspecified atom stereocenters. The molecule has 0 aliphatic heterocycles. The molecule has 1 atom stereocenters. The van der Waals surface area contributed by atoms with E-state index in [0.29, 0.717) is 35.2 Å². The fourth-order valence-electron chi connectivity index (χ4n) is 4.77. The van der Waals surface area contributed by atoms with E-state index in [9.17, 15) is 0 Å². The van der Waals surface area contributed by atoms with E-state index < -0.39 is 11.7 Å². The zero-order valence-electron chi connectivity index (χ0n) is 21.2. The van der Waals surface area contributed by atoms with Gasteiger partial charge in [-0.3, -0.25) is 0 Å². The molecule has 5 N–H and O–H groups in total. The predicted molar refractivity (Wildman–Crippen MR) is 147 cm³/mol. The van der Waals surface area contributed by atoms with Gasteiger partial charge in [0.15, 0.2) is 11.6 Å². The molecule has 0 amide bonds. The maximum atomic E-state index is 16.0. The molecular weight excluding hydrogens is 465 g/mol. The highest BCUT2D eigenvalue weighted by atomic mass is 19.1. The Morgan fingerprint density at radius 2 is 1.84 bits per heavy atom. The molecule has 0 radical (unpaired) electrons. The van der Waals surface area contributed by atoms with Gasteiger partial charge in [-0.2, -0.15) is 0 Å². The van der Waals surface area contributed by atoms with Gasteiger partial charge in [-0.15, -0.1) is 0 Å². The molecule has 0 saturated carbocycles. The second kappa shape index (κ2) is 9.93. The van der Waals surface area contributed by atoms with Gasteiger partial charge in [-0.25, -0.2) is 14.4 Å². The lowest BCUT2D eigenvalue weighted by Crippen LogP contribution is -2.12. The number of nitrogens with one attached hydrogen (secondary N) is 1. The van der Waals surface area contributed by atoms with E-state index in [2.05, 4.69) is 4.98 Å². The number of rotatable bonds is 7. The van der Waals surface area contributed by atoms with Crippen LogP contribution in [0.1, 0.15) is 48.0 Å². The Morgan fingerprint density at radius 1 is 1.03 bits per heavy atom. The number of aryl methyl sites for hydroxylation is 2. The number of pyridine rings is 1. The summed E-state index contributed by atoms with van der Waals surface area (Å²) in [6.07, 6.45) is 2.49. The number of fused-ring (bicyclic) bond motifs is 1. The van der Waals surface area contributed by atoms with Crippen LogP contribution in [0.5, 0.6) is 5.75 Å². The topological polar surface area (TPSA) is 103 Å². The third-order valence-electron chi connectivity index (χ3n) is 6.65. The first kappa shape index (κ1) is 24.3. The lowest BCUT2D eigenvalue weighted by molar-refractivity contribution is 0.319. The highest BCUT2D eigenvalue weighted by Crippen LogP contribution is 2.38. The Kier molecular flexibility index (Phi) is 6.53. The molecule has 3 aromatic carbocycles. The minimum atomic E-state index is -0.656. The van der Waals surface area contributed by atoms with E-state index in [-0.39, 0.29) is 5.75 Å². The average Bonchev–Trinajstić information content (AvgIpc) is 3.36. The summed E-state index contributed by atoms with van der Waals surface area (Å²) in [5.74, 6) is 0.0244. The molecule has 0 spiro atoms. The van der Waals surface area contributed by atoms with Gasteiger partial charge in [0.05, 0.1) is 30.1 Å². The average molecular weight is 496 g/mol. The number of hydrogen-bond acceptors (Lipinski definition) is 5. The summed E-state index contributed by atoms with van der Waals surface area (Å²) in [5.41, 5.74) is 18.0. The van der Waals surface area contributed by atoms with Crippen molar-refractivity contribution < 1.29 is 9.13 Å². The maximum absolute atomic E-state index is 16.0. The van der Waals surface area contributed by atoms with E-state index in [1.165, 1.54) is 0 Å². The number of imidazole rings is 1. The third-order valence-corrected chi connectivity index (χ3v) is 6.65. The number of nitrogens with two attached hydrogens (primary N) is 2. The summed E-state index contributed by atoms with van der Waals surface area (Å²) in [4.78, 5) is 12.9. The number of anilines is 2. The molecule has 0 bridgehead atoms. The van der Waals surface area contributed by atoms with E-state index in [4.69, 9.17) is 26.2 Å². The van der Waals surface area contributed by atoms with Gasteiger partial charge in [0.2, 0.25) is 0 Å². The number of halogens is 1. The highest BCUT2D eigenvalue weighted by molar-refractivity contribution is 5.93. The molecule has 5 aromatic rings. The Morgan fingerprint density at radius 3 is 2.59 bits per heavy atom. The first-order valence-corrected chi connectivity index (χ1v) is 12.4. The first-order chi connectivity index (χ1) is 17.9. The van der Waals surface area contributed by atoms with E-state index >= 15 is 4.39 Å². The van der Waals surface area contributed by atoms with Crippen molar-refractivity contribution in [2.75, 3.05) is 18.1 Å². The summed E-state index contributed by atoms with van der Waals surface area (Å²) in [5, 5.41) is 1.62. The summed E-state index contributed by atoms with van der Waals surface area (Å²) in [7, 11) is 0. The molecule has 0 aliphatic carbocycles. The number of aromatic amines is 1. The molecule has 2 aromatic heterocycles. The molecule has 188 valence electrons. The number of hydrogen-bond donors (Lipinski definition) is 3. The van der Waals surface area contributed by atoms with Crippen LogP contribution in [0.25, 0.3) is 22.0 Å². The van der Waals surface area contributed by atoms with Crippen LogP contribution in [-0.4, -0.2) is 21.6 Å². The van der Waals surface area contributed by atoms with Gasteiger partial charge >= 0.3 is 0 Å². The second-order valence-electron chi connectivity index (χ2n) is 9.13. The van der Waals surface area contributed by atoms with Crippen molar-refractivity contribution in [1.29, 1.82) is 0 Å². The molecule has 0 aliphatic rings. The van der Waals surface area contributed by atoms with Crippen LogP contribution in [-0.2, 0) is 6.42 Å². The summed E-state index contributed by atoms with van der Waals surface area (Å²) in [6, 6.07) is 19.0. The summed E-state index contributed by atoms with van der Waals surface area (Å²) in [6.45, 7) is 6.26. The van der Waals surface area contributed by atoms with Crippen molar-refractivity contribution in [1.82, 2.24) is 15.0 Å². The lowest BCUT2D eigenvalue weighted by atomic mass is 9.90. The number of benzene rings is 3. The Labute approximate surface area is 215 Å². The van der Waals surface area contributed by atoms with Crippen LogP contribution >= 0.6 is 0 Å². The molecule has 2 heterocycles. The quantitative estimate of drug-likeness (QED) is 0.227. The van der Waals surface area contributed by atoms with Crippen LogP contribution in [0, 0.1) is 12.7 Å². The van der Waals surface area contributed by atoms with Gasteiger partial charge in [-0.1, -0.05) is 37.3 Å². The van der Waals surface area contributed by atoms with Crippen LogP contribution in [0.15, 0.2) is 66.9 Å². The number of aromatic nitrogens is 3. The monoisotopic (exact) mass is 495 g/mol. The molecule has 7 heteroatoms. The Hall–Kier alpha value is -4.39. The van der Waals surface area contributed by atoms with Gasteiger partial charge in [0.1, 0.15) is 11.6 Å². The van der Waals surface area contributed by atoms with E-state index in [1.807, 2.05) is 69.3 Å². The van der Waals surface area contributed by atoms with Crippen molar-refractivity contribution in [3.05, 3.63) is 101 Å². The molecule has 0 saturated heterocycles. The van der Waals surface area contributed by atoms with Crippen molar-refractivity contribution in [2.45, 2.75) is 33.1 Å². The number of nitrogens with zero attached hydrogens (tertiary/aromatic N) is 2. The minimum absolute atomic E-state index is 0.213. The molecule has 0 fully saturated rings. The van der Waals surface area contributed by atoms with Gasteiger partial charge in [0.25, 0.3) is 0 Å². The van der Waals surface area contributed by atoms with Crippen LogP contribution in [0.2, 0.25) is 0 Å². The highest BCUT2D eigenvalue weighted by Gasteiger charge is 2.28. The predicted octanol–water partition coefficient (Wildman–Crippen LogP) is 6.38. The zero-order chi connectivity index (χ0) is 26.1. The van der Waals surface area contributed by atoms with Crippen LogP contribution < -0.4 is 16.2 Å². The number of H-pyrrole nitrogens is 1. The van der Waals surface area contributed by atoms with Crippen molar-refractivity contribution in [3.8, 4) is 17.0 Å². The van der Waals surface area contributed by atoms with Crippen LogP contribution in [0.4, 0.5) is 15.9 Å². The summed E-state index contributed by atoms with van der Waals surface area (Å²) >= 11 is 0. The van der Waals surface area contributed by atoms with Crippen molar-refractivity contribution in [3.63, 3.8) is 0 Å². The fourth-order valence-corrected chi connectivity index (χ4v) is 4.77. The zero-order valence-corrected chi connectivity index (χ0v) is 21.2. The van der Waals surface area contributed by atoms with Gasteiger partial charge < -0.3 is 21.2 Å². The lowest BCUT2D eigenvalue weighted by Gasteiger charge is -2.20. The van der Waals surface area contributed by atoms with Gasteiger partial charge in [0, 0.05) is 22.2 Å². The summed E-state index contributed by atoms with van der Waals surface area (Å²) < 4.78 is 21.7. The van der Waals surface area contributed by atoms with E-state index in [0.717, 1.165) is 39.6 Å². The van der Waals surface area contributed by atoms with Crippen LogP contribution in [0.3, 0.4) is 0 Å². The molecular formula is C30H30FN5O. The smallest absolute Gasteiger partial charge is 0.169 e. The third kappa shape index (κ3) is 4.60. The number of ether oxygens (including phenoxy) is 1. The Bertz CT molecular complexity index is 1590.